The van der Waals surface area contributed by atoms with Crippen LogP contribution in [-0.4, -0.2) is 46.2 Å². The quantitative estimate of drug-likeness (QED) is 0.579. The fourth-order valence-corrected chi connectivity index (χ4v) is 4.71. The molecule has 8 nitrogen and oxygen atoms in total. The van der Waals surface area contributed by atoms with Gasteiger partial charge >= 0.3 is 0 Å². The fraction of sp³-hybridized carbons (Fsp3) is 0.360. The standard InChI is InChI=1S/C25H28N6O2/c1-30-20-9-4-3-8-19(20)24(33)31(2)21-15-27-25(29-23(21)30)28-22-13-11-17(14-26-22)16-6-5-7-18(32)12-10-16/h3-4,8-9,11,13-16,18,32H,5-7,10,12H2,1-2H3,(H,26,27,28,29). The molecule has 5 rings (SSSR count). The third-order valence-corrected chi connectivity index (χ3v) is 6.67. The van der Waals surface area contributed by atoms with Crippen molar-refractivity contribution in [1.82, 2.24) is 15.0 Å². The maximum atomic E-state index is 12.9. The van der Waals surface area contributed by atoms with E-state index in [4.69, 9.17) is 4.98 Å². The Bertz CT molecular complexity index is 1170. The maximum Gasteiger partial charge on any atom is 0.260 e. The van der Waals surface area contributed by atoms with E-state index in [1.54, 1.807) is 18.1 Å². The van der Waals surface area contributed by atoms with E-state index in [0.29, 0.717) is 34.8 Å². The number of fused-ring (bicyclic) bond motifs is 2. The Morgan fingerprint density at radius 3 is 2.61 bits per heavy atom. The van der Waals surface area contributed by atoms with Crippen molar-refractivity contribution in [3.63, 3.8) is 0 Å². The average Bonchev–Trinajstić information content (AvgIpc) is 3.10. The molecule has 1 aliphatic carbocycles. The second kappa shape index (κ2) is 8.78. The van der Waals surface area contributed by atoms with E-state index >= 15 is 0 Å². The van der Waals surface area contributed by atoms with Gasteiger partial charge < -0.3 is 20.2 Å². The van der Waals surface area contributed by atoms with E-state index < -0.39 is 0 Å². The van der Waals surface area contributed by atoms with Crippen LogP contribution >= 0.6 is 0 Å². The summed E-state index contributed by atoms with van der Waals surface area (Å²) in [7, 11) is 3.64. The summed E-state index contributed by atoms with van der Waals surface area (Å²) in [6, 6.07) is 11.5. The summed E-state index contributed by atoms with van der Waals surface area (Å²) in [4.78, 5) is 30.1. The van der Waals surface area contributed by atoms with Crippen LogP contribution in [0.5, 0.6) is 0 Å². The summed E-state index contributed by atoms with van der Waals surface area (Å²) in [5.41, 5.74) is 3.27. The highest BCUT2D eigenvalue weighted by atomic mass is 16.3. The minimum Gasteiger partial charge on any atom is -0.393 e. The Balaban J connectivity index is 1.38. The maximum absolute atomic E-state index is 12.9. The highest BCUT2D eigenvalue weighted by molar-refractivity contribution is 6.13. The number of aliphatic hydroxyl groups is 1. The van der Waals surface area contributed by atoms with E-state index in [1.807, 2.05) is 48.5 Å². The molecule has 2 unspecified atom stereocenters. The lowest BCUT2D eigenvalue weighted by molar-refractivity contribution is 0.0994. The van der Waals surface area contributed by atoms with Crippen molar-refractivity contribution in [3.8, 4) is 0 Å². The number of rotatable bonds is 3. The van der Waals surface area contributed by atoms with Crippen LogP contribution in [0.15, 0.2) is 48.8 Å². The number of anilines is 5. The lowest BCUT2D eigenvalue weighted by Crippen LogP contribution is -2.25. The topological polar surface area (TPSA) is 94.5 Å². The lowest BCUT2D eigenvalue weighted by atomic mass is 9.93. The fourth-order valence-electron chi connectivity index (χ4n) is 4.71. The van der Waals surface area contributed by atoms with Gasteiger partial charge in [-0.1, -0.05) is 24.6 Å². The molecule has 1 saturated carbocycles. The summed E-state index contributed by atoms with van der Waals surface area (Å²) < 4.78 is 0. The zero-order valence-electron chi connectivity index (χ0n) is 18.9. The van der Waals surface area contributed by atoms with E-state index in [1.165, 1.54) is 5.56 Å². The average molecular weight is 445 g/mol. The van der Waals surface area contributed by atoms with E-state index in [2.05, 4.69) is 21.4 Å². The molecule has 3 aromatic rings. The van der Waals surface area contributed by atoms with Gasteiger partial charge in [0.1, 0.15) is 11.5 Å². The van der Waals surface area contributed by atoms with Crippen LogP contribution in [0.1, 0.15) is 53.9 Å². The molecule has 8 heteroatoms. The molecule has 2 aliphatic rings. The number of hydrogen-bond donors (Lipinski definition) is 2. The molecule has 0 spiro atoms. The van der Waals surface area contributed by atoms with Crippen LogP contribution in [0.2, 0.25) is 0 Å². The molecule has 1 amide bonds. The summed E-state index contributed by atoms with van der Waals surface area (Å²) in [5.74, 6) is 2.06. The summed E-state index contributed by atoms with van der Waals surface area (Å²) in [6.07, 6.45) is 8.25. The molecule has 3 heterocycles. The number of pyridine rings is 1. The van der Waals surface area contributed by atoms with Gasteiger partial charge in [-0.15, -0.1) is 0 Å². The number of aliphatic hydroxyl groups excluding tert-OH is 1. The Morgan fingerprint density at radius 2 is 1.79 bits per heavy atom. The first-order chi connectivity index (χ1) is 16.0. The van der Waals surface area contributed by atoms with E-state index in [-0.39, 0.29) is 12.0 Å². The zero-order valence-corrected chi connectivity index (χ0v) is 18.9. The van der Waals surface area contributed by atoms with Crippen molar-refractivity contribution in [2.24, 2.45) is 0 Å². The van der Waals surface area contributed by atoms with Gasteiger partial charge in [-0.05, 0) is 55.4 Å². The molecule has 1 fully saturated rings. The SMILES string of the molecule is CN1C(=O)c2ccccc2N(C)c2nc(Nc3ccc(C4CCCC(O)CC4)cn3)ncc21. The summed E-state index contributed by atoms with van der Waals surface area (Å²) in [5, 5.41) is 13.1. The third kappa shape index (κ3) is 4.14. The molecule has 0 radical (unpaired) electrons. The van der Waals surface area contributed by atoms with Crippen LogP contribution in [0.4, 0.5) is 29.0 Å². The number of hydrogen-bond acceptors (Lipinski definition) is 7. The highest BCUT2D eigenvalue weighted by Gasteiger charge is 2.28. The van der Waals surface area contributed by atoms with Crippen molar-refractivity contribution < 1.29 is 9.90 Å². The van der Waals surface area contributed by atoms with Gasteiger partial charge in [0, 0.05) is 20.3 Å². The predicted octanol–water partition coefficient (Wildman–Crippen LogP) is 4.38. The van der Waals surface area contributed by atoms with Crippen LogP contribution in [0.25, 0.3) is 0 Å². The van der Waals surface area contributed by atoms with Crippen molar-refractivity contribution in [2.75, 3.05) is 29.2 Å². The van der Waals surface area contributed by atoms with Gasteiger partial charge in [0.15, 0.2) is 5.82 Å². The molecule has 2 aromatic heterocycles. The largest absolute Gasteiger partial charge is 0.393 e. The molecule has 0 saturated heterocycles. The number of carbonyl (C=O) groups excluding carboxylic acids is 1. The Kier molecular flexibility index (Phi) is 5.68. The zero-order chi connectivity index (χ0) is 22.9. The van der Waals surface area contributed by atoms with Crippen molar-refractivity contribution in [1.29, 1.82) is 0 Å². The minimum atomic E-state index is -0.173. The van der Waals surface area contributed by atoms with Crippen LogP contribution in [-0.2, 0) is 0 Å². The Labute approximate surface area is 193 Å². The number of aromatic nitrogens is 3. The number of nitrogens with one attached hydrogen (secondary N) is 1. The minimum absolute atomic E-state index is 0.0937. The number of carbonyl (C=O) groups is 1. The summed E-state index contributed by atoms with van der Waals surface area (Å²) in [6.45, 7) is 0. The van der Waals surface area contributed by atoms with Crippen LogP contribution < -0.4 is 15.1 Å². The van der Waals surface area contributed by atoms with E-state index in [0.717, 1.165) is 37.8 Å². The first kappa shape index (κ1) is 21.3. The van der Waals surface area contributed by atoms with Gasteiger partial charge in [0.25, 0.3) is 5.91 Å². The monoisotopic (exact) mass is 444 g/mol. The predicted molar refractivity (Wildman–Crippen MR) is 129 cm³/mol. The van der Waals surface area contributed by atoms with Crippen LogP contribution in [0, 0.1) is 0 Å². The number of benzene rings is 1. The van der Waals surface area contributed by atoms with Crippen molar-refractivity contribution in [3.05, 3.63) is 59.9 Å². The van der Waals surface area contributed by atoms with Crippen LogP contribution in [0.3, 0.4) is 0 Å². The number of amides is 1. The molecular weight excluding hydrogens is 416 g/mol. The first-order valence-electron chi connectivity index (χ1n) is 11.4. The number of nitrogens with zero attached hydrogens (tertiary/aromatic N) is 5. The van der Waals surface area contributed by atoms with Gasteiger partial charge in [0.05, 0.1) is 23.6 Å². The molecule has 1 aliphatic heterocycles. The van der Waals surface area contributed by atoms with Crippen molar-refractivity contribution >= 4 is 34.9 Å². The van der Waals surface area contributed by atoms with Gasteiger partial charge in [-0.3, -0.25) is 4.79 Å². The molecule has 2 N–H and O–H groups in total. The van der Waals surface area contributed by atoms with E-state index in [9.17, 15) is 9.90 Å². The molecule has 2 atom stereocenters. The second-order valence-electron chi connectivity index (χ2n) is 8.80. The molecule has 170 valence electrons. The lowest BCUT2D eigenvalue weighted by Gasteiger charge is -2.21. The third-order valence-electron chi connectivity index (χ3n) is 6.67. The first-order valence-corrected chi connectivity index (χ1v) is 11.4. The molecule has 33 heavy (non-hydrogen) atoms. The number of para-hydroxylation sites is 1. The Morgan fingerprint density at radius 1 is 0.939 bits per heavy atom. The smallest absolute Gasteiger partial charge is 0.260 e. The van der Waals surface area contributed by atoms with Gasteiger partial charge in [0.2, 0.25) is 5.95 Å². The summed E-state index contributed by atoms with van der Waals surface area (Å²) >= 11 is 0. The highest BCUT2D eigenvalue weighted by Crippen LogP contribution is 2.38. The van der Waals surface area contributed by atoms with Gasteiger partial charge in [-0.2, -0.15) is 4.98 Å². The second-order valence-corrected chi connectivity index (χ2v) is 8.80. The molecule has 0 bridgehead atoms. The molecular formula is C25H28N6O2. The Hall–Kier alpha value is -3.52. The normalized spacial score (nSPS) is 20.5. The van der Waals surface area contributed by atoms with Crippen molar-refractivity contribution in [2.45, 2.75) is 44.1 Å². The molecule has 1 aromatic carbocycles. The van der Waals surface area contributed by atoms with Gasteiger partial charge in [-0.25, -0.2) is 9.97 Å².